The molecule has 0 aromatic heterocycles. The molecule has 94 valence electrons. The van der Waals surface area contributed by atoms with Crippen molar-refractivity contribution in [1.29, 1.82) is 0 Å². The lowest BCUT2D eigenvalue weighted by Gasteiger charge is -2.10. The topological polar surface area (TPSA) is 35.2 Å². The Labute approximate surface area is 114 Å². The van der Waals surface area contributed by atoms with Gasteiger partial charge in [0.1, 0.15) is 18.2 Å². The van der Waals surface area contributed by atoms with Gasteiger partial charge in [0.15, 0.2) is 0 Å². The maximum atomic E-state index is 13.4. The van der Waals surface area contributed by atoms with Gasteiger partial charge in [0.05, 0.1) is 10.2 Å². The van der Waals surface area contributed by atoms with Crippen LogP contribution in [0.3, 0.4) is 0 Å². The number of halogens is 2. The monoisotopic (exact) mass is 309 g/mol. The number of benzene rings is 2. The molecule has 0 aliphatic heterocycles. The van der Waals surface area contributed by atoms with E-state index in [9.17, 15) is 4.39 Å². The summed E-state index contributed by atoms with van der Waals surface area (Å²) in [7, 11) is 0. The summed E-state index contributed by atoms with van der Waals surface area (Å²) in [6.07, 6.45) is 0. The van der Waals surface area contributed by atoms with Gasteiger partial charge in [-0.05, 0) is 34.5 Å². The number of hydrogen-bond donors (Lipinski definition) is 1. The molecule has 0 amide bonds. The van der Waals surface area contributed by atoms with Gasteiger partial charge < -0.3 is 10.5 Å². The van der Waals surface area contributed by atoms with Crippen LogP contribution in [0.2, 0.25) is 0 Å². The molecule has 2 N–H and O–H groups in total. The van der Waals surface area contributed by atoms with Crippen LogP contribution in [0.25, 0.3) is 0 Å². The zero-order valence-electron chi connectivity index (χ0n) is 9.91. The van der Waals surface area contributed by atoms with Crippen molar-refractivity contribution < 1.29 is 9.13 Å². The Bertz CT molecular complexity index is 554. The zero-order valence-corrected chi connectivity index (χ0v) is 11.5. The molecule has 0 saturated carbocycles. The number of hydrogen-bond acceptors (Lipinski definition) is 2. The fourth-order valence-electron chi connectivity index (χ4n) is 1.51. The van der Waals surface area contributed by atoms with Gasteiger partial charge in [-0.25, -0.2) is 4.39 Å². The normalized spacial score (nSPS) is 10.4. The molecular formula is C14H13BrFNO. The van der Waals surface area contributed by atoms with Gasteiger partial charge in [-0.2, -0.15) is 0 Å². The van der Waals surface area contributed by atoms with Gasteiger partial charge in [-0.15, -0.1) is 0 Å². The number of aryl methyl sites for hydroxylation is 1. The number of anilines is 1. The minimum Gasteiger partial charge on any atom is -0.487 e. The fourth-order valence-corrected chi connectivity index (χ4v) is 1.88. The minimum atomic E-state index is -0.386. The molecule has 2 aromatic rings. The maximum absolute atomic E-state index is 13.4. The van der Waals surface area contributed by atoms with E-state index in [2.05, 4.69) is 15.9 Å². The molecule has 0 aliphatic rings. The average molecular weight is 310 g/mol. The van der Waals surface area contributed by atoms with Gasteiger partial charge >= 0.3 is 0 Å². The van der Waals surface area contributed by atoms with Crippen molar-refractivity contribution in [3.8, 4) is 5.75 Å². The van der Waals surface area contributed by atoms with Crippen LogP contribution in [-0.4, -0.2) is 0 Å². The van der Waals surface area contributed by atoms with E-state index in [-0.39, 0.29) is 5.82 Å². The third-order valence-corrected chi connectivity index (χ3v) is 3.18. The molecule has 0 bridgehead atoms. The largest absolute Gasteiger partial charge is 0.487 e. The highest BCUT2D eigenvalue weighted by Crippen LogP contribution is 2.28. The van der Waals surface area contributed by atoms with E-state index in [0.717, 1.165) is 5.56 Å². The summed E-state index contributed by atoms with van der Waals surface area (Å²) in [5.74, 6) is -0.0284. The second-order valence-electron chi connectivity index (χ2n) is 4.08. The van der Waals surface area contributed by atoms with E-state index in [1.54, 1.807) is 0 Å². The molecule has 0 fully saturated rings. The van der Waals surface area contributed by atoms with Crippen LogP contribution >= 0.6 is 15.9 Å². The number of rotatable bonds is 3. The summed E-state index contributed by atoms with van der Waals surface area (Å²) < 4.78 is 19.2. The molecule has 0 saturated heterocycles. The molecule has 0 spiro atoms. The lowest BCUT2D eigenvalue weighted by atomic mass is 10.2. The van der Waals surface area contributed by atoms with Crippen LogP contribution in [0, 0.1) is 12.7 Å². The first-order valence-corrected chi connectivity index (χ1v) is 6.28. The standard InChI is InChI=1S/C14H13BrFNO/c1-9-2-4-10(5-3-9)8-18-14-7-12(16)11(15)6-13(14)17/h2-7H,8,17H2,1H3. The van der Waals surface area contributed by atoms with E-state index in [1.807, 2.05) is 31.2 Å². The molecule has 0 unspecified atom stereocenters. The van der Waals surface area contributed by atoms with Crippen LogP contribution in [-0.2, 0) is 6.61 Å². The summed E-state index contributed by atoms with van der Waals surface area (Å²) in [6, 6.07) is 10.7. The smallest absolute Gasteiger partial charge is 0.145 e. The molecule has 2 rings (SSSR count). The summed E-state index contributed by atoms with van der Waals surface area (Å²) in [6.45, 7) is 2.39. The zero-order chi connectivity index (χ0) is 13.1. The third-order valence-electron chi connectivity index (χ3n) is 2.57. The highest BCUT2D eigenvalue weighted by molar-refractivity contribution is 9.10. The van der Waals surface area contributed by atoms with Crippen molar-refractivity contribution in [2.45, 2.75) is 13.5 Å². The molecule has 0 aliphatic carbocycles. The number of ether oxygens (including phenoxy) is 1. The quantitative estimate of drug-likeness (QED) is 0.868. The van der Waals surface area contributed by atoms with Gasteiger partial charge in [0, 0.05) is 6.07 Å². The molecular weight excluding hydrogens is 297 g/mol. The Hall–Kier alpha value is -1.55. The first-order valence-electron chi connectivity index (χ1n) is 5.49. The summed E-state index contributed by atoms with van der Waals surface area (Å²) in [5.41, 5.74) is 8.37. The Balaban J connectivity index is 2.10. The Morgan fingerprint density at radius 2 is 1.89 bits per heavy atom. The first kappa shape index (κ1) is 12.9. The molecule has 0 atom stereocenters. The lowest BCUT2D eigenvalue weighted by molar-refractivity contribution is 0.306. The van der Waals surface area contributed by atoms with E-state index >= 15 is 0 Å². The van der Waals surface area contributed by atoms with Crippen LogP contribution in [0.4, 0.5) is 10.1 Å². The Morgan fingerprint density at radius 1 is 1.22 bits per heavy atom. The van der Waals surface area contributed by atoms with E-state index < -0.39 is 0 Å². The SMILES string of the molecule is Cc1ccc(COc2cc(F)c(Br)cc2N)cc1. The van der Waals surface area contributed by atoms with E-state index in [4.69, 9.17) is 10.5 Å². The van der Waals surface area contributed by atoms with Crippen molar-refractivity contribution in [3.63, 3.8) is 0 Å². The highest BCUT2D eigenvalue weighted by atomic mass is 79.9. The van der Waals surface area contributed by atoms with Crippen molar-refractivity contribution in [2.75, 3.05) is 5.73 Å². The number of nitrogen functional groups attached to an aromatic ring is 1. The van der Waals surface area contributed by atoms with Gasteiger partial charge in [-0.3, -0.25) is 0 Å². The predicted molar refractivity (Wildman–Crippen MR) is 74.0 cm³/mol. The van der Waals surface area contributed by atoms with Gasteiger partial charge in [0.25, 0.3) is 0 Å². The van der Waals surface area contributed by atoms with Crippen molar-refractivity contribution >= 4 is 21.6 Å². The molecule has 0 heterocycles. The lowest BCUT2D eigenvalue weighted by Crippen LogP contribution is -1.99. The van der Waals surface area contributed by atoms with Crippen LogP contribution in [0.5, 0.6) is 5.75 Å². The van der Waals surface area contributed by atoms with E-state index in [0.29, 0.717) is 22.5 Å². The third kappa shape index (κ3) is 3.01. The molecule has 18 heavy (non-hydrogen) atoms. The van der Waals surface area contributed by atoms with Gasteiger partial charge in [0.2, 0.25) is 0 Å². The van der Waals surface area contributed by atoms with Crippen LogP contribution in [0.1, 0.15) is 11.1 Å². The van der Waals surface area contributed by atoms with Crippen LogP contribution < -0.4 is 10.5 Å². The maximum Gasteiger partial charge on any atom is 0.145 e. The van der Waals surface area contributed by atoms with Gasteiger partial charge in [-0.1, -0.05) is 29.8 Å². The van der Waals surface area contributed by atoms with Crippen molar-refractivity contribution in [3.05, 3.63) is 57.8 Å². The molecule has 2 nitrogen and oxygen atoms in total. The average Bonchev–Trinajstić information content (AvgIpc) is 2.34. The predicted octanol–water partition coefficient (Wildman–Crippen LogP) is 4.06. The minimum absolute atomic E-state index is 0.336. The molecule has 2 aromatic carbocycles. The highest BCUT2D eigenvalue weighted by Gasteiger charge is 2.07. The number of nitrogens with two attached hydrogens (primary N) is 1. The first-order chi connectivity index (χ1) is 8.56. The Kier molecular flexibility index (Phi) is 3.87. The van der Waals surface area contributed by atoms with E-state index in [1.165, 1.54) is 17.7 Å². The fraction of sp³-hybridized carbons (Fsp3) is 0.143. The van der Waals surface area contributed by atoms with Crippen molar-refractivity contribution in [1.82, 2.24) is 0 Å². The molecule has 4 heteroatoms. The second-order valence-corrected chi connectivity index (χ2v) is 4.93. The molecule has 0 radical (unpaired) electrons. The summed E-state index contributed by atoms with van der Waals surface area (Å²) >= 11 is 3.07. The Morgan fingerprint density at radius 3 is 2.56 bits per heavy atom. The summed E-state index contributed by atoms with van der Waals surface area (Å²) in [4.78, 5) is 0. The second kappa shape index (κ2) is 5.40. The summed E-state index contributed by atoms with van der Waals surface area (Å²) in [5, 5.41) is 0. The van der Waals surface area contributed by atoms with Crippen LogP contribution in [0.15, 0.2) is 40.9 Å². The van der Waals surface area contributed by atoms with Crippen molar-refractivity contribution in [2.24, 2.45) is 0 Å².